The first-order chi connectivity index (χ1) is 29.8. The summed E-state index contributed by atoms with van der Waals surface area (Å²) >= 11 is 0. The highest BCUT2D eigenvalue weighted by molar-refractivity contribution is 5.95. The Labute approximate surface area is 354 Å². The van der Waals surface area contributed by atoms with Crippen LogP contribution in [0.5, 0.6) is 0 Å². The van der Waals surface area contributed by atoms with Gasteiger partial charge in [0.25, 0.3) is 0 Å². The van der Waals surface area contributed by atoms with Crippen molar-refractivity contribution in [2.45, 2.75) is 17.5 Å². The highest BCUT2D eigenvalue weighted by Gasteiger charge is 2.46. The van der Waals surface area contributed by atoms with E-state index in [1.54, 1.807) is 30.3 Å². The first-order valence-corrected chi connectivity index (χ1v) is 20.6. The lowest BCUT2D eigenvalue weighted by molar-refractivity contribution is -0.130. The fraction of sp³-hybridized carbons (Fsp3) is 0.0526. The lowest BCUT2D eigenvalue weighted by atomic mass is 9.83. The first kappa shape index (κ1) is 36.9. The van der Waals surface area contributed by atoms with Gasteiger partial charge in [0, 0.05) is 28.2 Å². The Balaban J connectivity index is 0.923. The quantitative estimate of drug-likeness (QED) is 0.0958. The van der Waals surface area contributed by atoms with Crippen molar-refractivity contribution in [2.24, 2.45) is 0 Å². The molecule has 2 aliphatic rings. The Kier molecular flexibility index (Phi) is 8.60. The van der Waals surface area contributed by atoms with E-state index >= 15 is 0 Å². The highest BCUT2D eigenvalue weighted by Crippen LogP contribution is 2.55. The van der Waals surface area contributed by atoms with Crippen molar-refractivity contribution in [1.29, 1.82) is 0 Å². The molecular formula is C57H40O4. The second kappa shape index (κ2) is 14.2. The SMILES string of the molecule is OC1(O)c2ccccc2-c2cc3c(cc21)-c1c(-c2ccc(-c4ccc(C(c5ccc(-c6ccccc6)cc5)c5ccc(-c6ccccc6)cc5)cc4)cc2)cccc1C3(O)O. The summed E-state index contributed by atoms with van der Waals surface area (Å²) in [6.45, 7) is 0. The van der Waals surface area contributed by atoms with Gasteiger partial charge in [-0.25, -0.2) is 0 Å². The second-order valence-electron chi connectivity index (χ2n) is 16.2. The van der Waals surface area contributed by atoms with Crippen LogP contribution >= 0.6 is 0 Å². The zero-order chi connectivity index (χ0) is 41.3. The van der Waals surface area contributed by atoms with E-state index in [4.69, 9.17) is 0 Å². The summed E-state index contributed by atoms with van der Waals surface area (Å²) in [4.78, 5) is 0. The second-order valence-corrected chi connectivity index (χ2v) is 16.2. The van der Waals surface area contributed by atoms with E-state index in [1.807, 2.05) is 36.4 Å². The molecule has 0 aliphatic heterocycles. The van der Waals surface area contributed by atoms with Crippen LogP contribution in [0.3, 0.4) is 0 Å². The van der Waals surface area contributed by atoms with Crippen molar-refractivity contribution < 1.29 is 20.4 Å². The largest absolute Gasteiger partial charge is 0.358 e. The van der Waals surface area contributed by atoms with Crippen LogP contribution in [0, 0.1) is 0 Å². The number of hydrogen-bond acceptors (Lipinski definition) is 4. The first-order valence-electron chi connectivity index (χ1n) is 20.6. The molecule has 0 fully saturated rings. The highest BCUT2D eigenvalue weighted by atomic mass is 16.5. The average molecular weight is 789 g/mol. The molecule has 9 aromatic carbocycles. The minimum Gasteiger partial charge on any atom is -0.358 e. The van der Waals surface area contributed by atoms with Gasteiger partial charge in [0.15, 0.2) is 0 Å². The van der Waals surface area contributed by atoms with Gasteiger partial charge in [-0.3, -0.25) is 0 Å². The van der Waals surface area contributed by atoms with Gasteiger partial charge in [0.05, 0.1) is 0 Å². The molecule has 2 aliphatic carbocycles. The molecule has 292 valence electrons. The Bertz CT molecular complexity index is 2990. The van der Waals surface area contributed by atoms with E-state index in [-0.39, 0.29) is 5.92 Å². The Hall–Kier alpha value is -7.18. The molecule has 0 heterocycles. The molecule has 4 N–H and O–H groups in total. The molecule has 11 rings (SSSR count). The molecule has 0 spiro atoms. The van der Waals surface area contributed by atoms with Gasteiger partial charge in [0.1, 0.15) is 0 Å². The molecule has 0 radical (unpaired) electrons. The molecule has 0 atom stereocenters. The number of hydrogen-bond donors (Lipinski definition) is 4. The lowest BCUT2D eigenvalue weighted by Gasteiger charge is -2.20. The predicted octanol–water partition coefficient (Wildman–Crippen LogP) is 11.9. The topological polar surface area (TPSA) is 80.9 Å². The molecule has 4 nitrogen and oxygen atoms in total. The van der Waals surface area contributed by atoms with Gasteiger partial charge in [-0.05, 0) is 95.6 Å². The van der Waals surface area contributed by atoms with E-state index in [2.05, 4.69) is 146 Å². The summed E-state index contributed by atoms with van der Waals surface area (Å²) in [6.07, 6.45) is 0. The van der Waals surface area contributed by atoms with Crippen LogP contribution in [0.15, 0.2) is 212 Å². The van der Waals surface area contributed by atoms with Crippen molar-refractivity contribution >= 4 is 0 Å². The summed E-state index contributed by atoms with van der Waals surface area (Å²) in [5.41, 5.74) is 16.1. The van der Waals surface area contributed by atoms with Gasteiger partial charge in [-0.2, -0.15) is 0 Å². The predicted molar refractivity (Wildman–Crippen MR) is 243 cm³/mol. The van der Waals surface area contributed by atoms with Crippen LogP contribution in [-0.4, -0.2) is 20.4 Å². The van der Waals surface area contributed by atoms with Gasteiger partial charge in [-0.15, -0.1) is 0 Å². The standard InChI is InChI=1S/C57H40O4/c58-56(59)50-16-8-7-14-47(50)48-34-53-49(35-52(48)56)55-46(15-9-17-51(55)57(53,60)61)42-26-18-40(19-27-42)41-24-32-45(33-25-41)54(43-28-20-38(21-29-43)36-10-3-1-4-11-36)44-30-22-39(23-31-44)37-12-5-2-6-13-37/h1-35,54,58-61H. The van der Waals surface area contributed by atoms with Crippen molar-refractivity contribution in [2.75, 3.05) is 0 Å². The smallest absolute Gasteiger partial charge is 0.218 e. The molecule has 0 saturated heterocycles. The molecule has 0 aromatic heterocycles. The molecule has 0 saturated carbocycles. The number of aliphatic hydroxyl groups is 4. The molecular weight excluding hydrogens is 749 g/mol. The molecule has 4 heteroatoms. The third-order valence-electron chi connectivity index (χ3n) is 12.7. The van der Waals surface area contributed by atoms with Crippen molar-refractivity contribution in [3.8, 4) is 66.8 Å². The van der Waals surface area contributed by atoms with Crippen LogP contribution < -0.4 is 0 Å². The van der Waals surface area contributed by atoms with Gasteiger partial charge >= 0.3 is 0 Å². The van der Waals surface area contributed by atoms with E-state index in [1.165, 1.54) is 38.9 Å². The van der Waals surface area contributed by atoms with Crippen molar-refractivity contribution in [3.05, 3.63) is 251 Å². The maximum atomic E-state index is 11.6. The van der Waals surface area contributed by atoms with E-state index in [9.17, 15) is 20.4 Å². The lowest BCUT2D eigenvalue weighted by Crippen LogP contribution is -2.25. The fourth-order valence-electron chi connectivity index (χ4n) is 9.58. The third-order valence-corrected chi connectivity index (χ3v) is 12.7. The summed E-state index contributed by atoms with van der Waals surface area (Å²) in [5, 5.41) is 45.9. The van der Waals surface area contributed by atoms with Crippen LogP contribution in [0.25, 0.3) is 66.8 Å². The van der Waals surface area contributed by atoms with Gasteiger partial charge in [0.2, 0.25) is 11.6 Å². The summed E-state index contributed by atoms with van der Waals surface area (Å²) < 4.78 is 0. The number of benzene rings is 9. The van der Waals surface area contributed by atoms with E-state index < -0.39 is 11.6 Å². The maximum Gasteiger partial charge on any atom is 0.218 e. The monoisotopic (exact) mass is 788 g/mol. The molecule has 0 bridgehead atoms. The summed E-state index contributed by atoms with van der Waals surface area (Å²) in [6, 6.07) is 72.0. The zero-order valence-corrected chi connectivity index (χ0v) is 33.1. The zero-order valence-electron chi connectivity index (χ0n) is 33.1. The van der Waals surface area contributed by atoms with E-state index in [0.29, 0.717) is 44.5 Å². The van der Waals surface area contributed by atoms with Crippen LogP contribution in [0.1, 0.15) is 44.9 Å². The van der Waals surface area contributed by atoms with Gasteiger partial charge < -0.3 is 20.4 Å². The molecule has 0 unspecified atom stereocenters. The normalized spacial score (nSPS) is 14.0. The maximum absolute atomic E-state index is 11.6. The molecule has 0 amide bonds. The number of fused-ring (bicyclic) bond motifs is 6. The van der Waals surface area contributed by atoms with Crippen LogP contribution in [0.2, 0.25) is 0 Å². The minimum absolute atomic E-state index is 0.0246. The summed E-state index contributed by atoms with van der Waals surface area (Å²) in [7, 11) is 0. The fourth-order valence-corrected chi connectivity index (χ4v) is 9.58. The Morgan fingerprint density at radius 1 is 0.262 bits per heavy atom. The average Bonchev–Trinajstić information content (AvgIpc) is 3.68. The summed E-state index contributed by atoms with van der Waals surface area (Å²) in [5.74, 6) is -4.44. The van der Waals surface area contributed by atoms with Gasteiger partial charge in [-0.1, -0.05) is 200 Å². The third kappa shape index (κ3) is 6.08. The van der Waals surface area contributed by atoms with E-state index in [0.717, 1.165) is 22.3 Å². The Morgan fingerprint density at radius 3 is 1.15 bits per heavy atom. The van der Waals surface area contributed by atoms with Crippen molar-refractivity contribution in [1.82, 2.24) is 0 Å². The Morgan fingerprint density at radius 2 is 0.623 bits per heavy atom. The van der Waals surface area contributed by atoms with Crippen LogP contribution in [-0.2, 0) is 11.6 Å². The van der Waals surface area contributed by atoms with Crippen molar-refractivity contribution in [3.63, 3.8) is 0 Å². The molecule has 61 heavy (non-hydrogen) atoms. The minimum atomic E-state index is -2.26. The number of rotatable bonds is 7. The molecule has 9 aromatic rings. The van der Waals surface area contributed by atoms with Crippen LogP contribution in [0.4, 0.5) is 0 Å².